The molecule has 5 heteroatoms. The van der Waals surface area contributed by atoms with Crippen LogP contribution in [-0.4, -0.2) is 16.4 Å². The standard InChI is InChI=1S/C20H23N3O2/c24-19-9-3-5-14-13-15(10-11-17(14)22-19)21-20(25)18-8-4-12-23(18)16-6-1-2-7-16/h4,8,10-13,16H,1-3,5-7,9H2,(H,21,25)(H,22,24). The Morgan fingerprint density at radius 1 is 1.12 bits per heavy atom. The Labute approximate surface area is 147 Å². The van der Waals surface area contributed by atoms with E-state index in [0.717, 1.165) is 48.3 Å². The Kier molecular flexibility index (Phi) is 4.30. The average molecular weight is 337 g/mol. The van der Waals surface area contributed by atoms with Gasteiger partial charge in [-0.3, -0.25) is 9.59 Å². The van der Waals surface area contributed by atoms with Crippen molar-refractivity contribution < 1.29 is 9.59 Å². The summed E-state index contributed by atoms with van der Waals surface area (Å²) < 4.78 is 2.12. The Hall–Kier alpha value is -2.56. The van der Waals surface area contributed by atoms with Gasteiger partial charge in [0, 0.05) is 30.0 Å². The SMILES string of the molecule is O=C1CCCc2cc(NC(=O)c3cccn3C3CCCC3)ccc2N1. The minimum absolute atomic E-state index is 0.0601. The number of aryl methyl sites for hydroxylation is 1. The summed E-state index contributed by atoms with van der Waals surface area (Å²) >= 11 is 0. The zero-order valence-corrected chi connectivity index (χ0v) is 14.3. The van der Waals surface area contributed by atoms with Gasteiger partial charge < -0.3 is 15.2 Å². The van der Waals surface area contributed by atoms with Gasteiger partial charge in [-0.05, 0) is 61.6 Å². The molecule has 2 heterocycles. The highest BCUT2D eigenvalue weighted by atomic mass is 16.2. The Morgan fingerprint density at radius 2 is 1.96 bits per heavy atom. The van der Waals surface area contributed by atoms with E-state index in [1.54, 1.807) is 0 Å². The van der Waals surface area contributed by atoms with E-state index in [1.165, 1.54) is 12.8 Å². The van der Waals surface area contributed by atoms with Gasteiger partial charge in [0.1, 0.15) is 5.69 Å². The highest BCUT2D eigenvalue weighted by Gasteiger charge is 2.21. The summed E-state index contributed by atoms with van der Waals surface area (Å²) in [7, 11) is 0. The van der Waals surface area contributed by atoms with Crippen LogP contribution in [-0.2, 0) is 11.2 Å². The van der Waals surface area contributed by atoms with Crippen molar-refractivity contribution >= 4 is 23.2 Å². The van der Waals surface area contributed by atoms with Crippen molar-refractivity contribution in [2.45, 2.75) is 51.0 Å². The highest BCUT2D eigenvalue weighted by Crippen LogP contribution is 2.31. The smallest absolute Gasteiger partial charge is 0.272 e. The molecular formula is C20H23N3O2. The molecule has 130 valence electrons. The highest BCUT2D eigenvalue weighted by molar-refractivity contribution is 6.03. The fourth-order valence-electron chi connectivity index (χ4n) is 3.93. The van der Waals surface area contributed by atoms with Crippen LogP contribution in [0.25, 0.3) is 0 Å². The first-order valence-electron chi connectivity index (χ1n) is 9.12. The Morgan fingerprint density at radius 3 is 2.80 bits per heavy atom. The molecule has 2 N–H and O–H groups in total. The lowest BCUT2D eigenvalue weighted by molar-refractivity contribution is -0.116. The monoisotopic (exact) mass is 337 g/mol. The molecule has 1 aliphatic heterocycles. The average Bonchev–Trinajstić information content (AvgIpc) is 3.24. The lowest BCUT2D eigenvalue weighted by Gasteiger charge is -2.16. The Balaban J connectivity index is 1.53. The van der Waals surface area contributed by atoms with Crippen LogP contribution in [0.4, 0.5) is 11.4 Å². The fourth-order valence-corrected chi connectivity index (χ4v) is 3.93. The largest absolute Gasteiger partial charge is 0.340 e. The summed E-state index contributed by atoms with van der Waals surface area (Å²) in [6.45, 7) is 0. The van der Waals surface area contributed by atoms with E-state index < -0.39 is 0 Å². The quantitative estimate of drug-likeness (QED) is 0.884. The summed E-state index contributed by atoms with van der Waals surface area (Å²) in [4.78, 5) is 24.4. The Bertz CT molecular complexity index is 803. The van der Waals surface area contributed by atoms with Crippen molar-refractivity contribution in [1.82, 2.24) is 4.57 Å². The van der Waals surface area contributed by atoms with E-state index in [1.807, 2.05) is 36.5 Å². The van der Waals surface area contributed by atoms with Crippen molar-refractivity contribution in [2.24, 2.45) is 0 Å². The number of fused-ring (bicyclic) bond motifs is 1. The molecular weight excluding hydrogens is 314 g/mol. The van der Waals surface area contributed by atoms with Crippen molar-refractivity contribution in [3.8, 4) is 0 Å². The molecule has 5 nitrogen and oxygen atoms in total. The van der Waals surface area contributed by atoms with Gasteiger partial charge in [0.25, 0.3) is 5.91 Å². The van der Waals surface area contributed by atoms with Gasteiger partial charge in [0.05, 0.1) is 0 Å². The van der Waals surface area contributed by atoms with E-state index >= 15 is 0 Å². The molecule has 0 saturated heterocycles. The molecule has 0 spiro atoms. The molecule has 25 heavy (non-hydrogen) atoms. The summed E-state index contributed by atoms with van der Waals surface area (Å²) in [5.41, 5.74) is 3.43. The third-order valence-corrected chi connectivity index (χ3v) is 5.22. The van der Waals surface area contributed by atoms with Crippen molar-refractivity contribution in [3.05, 3.63) is 47.8 Å². The van der Waals surface area contributed by atoms with Gasteiger partial charge in [-0.15, -0.1) is 0 Å². The maximum Gasteiger partial charge on any atom is 0.272 e. The summed E-state index contributed by atoms with van der Waals surface area (Å²) in [5, 5.41) is 5.94. The van der Waals surface area contributed by atoms with Gasteiger partial charge in [0.15, 0.2) is 0 Å². The van der Waals surface area contributed by atoms with Crippen LogP contribution in [0.5, 0.6) is 0 Å². The molecule has 0 atom stereocenters. The van der Waals surface area contributed by atoms with E-state index in [2.05, 4.69) is 15.2 Å². The normalized spacial score (nSPS) is 17.7. The molecule has 1 aliphatic carbocycles. The van der Waals surface area contributed by atoms with Gasteiger partial charge in [0.2, 0.25) is 5.91 Å². The fraction of sp³-hybridized carbons (Fsp3) is 0.400. The van der Waals surface area contributed by atoms with Gasteiger partial charge in [-0.25, -0.2) is 0 Å². The number of anilines is 2. The summed E-state index contributed by atoms with van der Waals surface area (Å²) in [5.74, 6) is -0.0144. The van der Waals surface area contributed by atoms with Gasteiger partial charge in [-0.1, -0.05) is 12.8 Å². The van der Waals surface area contributed by atoms with Crippen LogP contribution < -0.4 is 10.6 Å². The zero-order valence-electron chi connectivity index (χ0n) is 14.3. The number of nitrogens with one attached hydrogen (secondary N) is 2. The maximum atomic E-state index is 12.7. The maximum absolute atomic E-state index is 12.7. The lowest BCUT2D eigenvalue weighted by Crippen LogP contribution is -2.19. The first kappa shape index (κ1) is 15.9. The van der Waals surface area contributed by atoms with Crippen LogP contribution in [0, 0.1) is 0 Å². The molecule has 1 saturated carbocycles. The number of amides is 2. The van der Waals surface area contributed by atoms with E-state index in [4.69, 9.17) is 0 Å². The zero-order chi connectivity index (χ0) is 17.2. The second kappa shape index (κ2) is 6.75. The lowest BCUT2D eigenvalue weighted by atomic mass is 10.1. The second-order valence-electron chi connectivity index (χ2n) is 6.97. The second-order valence-corrected chi connectivity index (χ2v) is 6.97. The number of hydrogen-bond acceptors (Lipinski definition) is 2. The predicted octanol–water partition coefficient (Wildman–Crippen LogP) is 4.13. The first-order chi connectivity index (χ1) is 12.2. The van der Waals surface area contributed by atoms with E-state index in [-0.39, 0.29) is 11.8 Å². The molecule has 0 bridgehead atoms. The van der Waals surface area contributed by atoms with Crippen molar-refractivity contribution in [1.29, 1.82) is 0 Å². The van der Waals surface area contributed by atoms with Crippen molar-refractivity contribution in [3.63, 3.8) is 0 Å². The molecule has 2 aliphatic rings. The topological polar surface area (TPSA) is 63.1 Å². The molecule has 2 amide bonds. The minimum atomic E-state index is -0.0745. The summed E-state index contributed by atoms with van der Waals surface area (Å²) in [6.07, 6.45) is 9.00. The molecule has 1 aromatic carbocycles. The third-order valence-electron chi connectivity index (χ3n) is 5.22. The first-order valence-corrected chi connectivity index (χ1v) is 9.12. The van der Waals surface area contributed by atoms with Gasteiger partial charge in [-0.2, -0.15) is 0 Å². The number of nitrogens with zero attached hydrogens (tertiary/aromatic N) is 1. The molecule has 1 aromatic heterocycles. The van der Waals surface area contributed by atoms with Crippen LogP contribution in [0.2, 0.25) is 0 Å². The third kappa shape index (κ3) is 3.31. The van der Waals surface area contributed by atoms with Crippen LogP contribution in [0.1, 0.15) is 60.6 Å². The molecule has 0 unspecified atom stereocenters. The van der Waals surface area contributed by atoms with E-state index in [0.29, 0.717) is 12.5 Å². The minimum Gasteiger partial charge on any atom is -0.340 e. The summed E-state index contributed by atoms with van der Waals surface area (Å²) in [6, 6.07) is 9.98. The molecule has 2 aromatic rings. The van der Waals surface area contributed by atoms with Gasteiger partial charge >= 0.3 is 0 Å². The van der Waals surface area contributed by atoms with Crippen LogP contribution >= 0.6 is 0 Å². The van der Waals surface area contributed by atoms with Crippen LogP contribution in [0.15, 0.2) is 36.5 Å². The van der Waals surface area contributed by atoms with E-state index in [9.17, 15) is 9.59 Å². The van der Waals surface area contributed by atoms with Crippen molar-refractivity contribution in [2.75, 3.05) is 10.6 Å². The molecule has 4 rings (SSSR count). The number of hydrogen-bond donors (Lipinski definition) is 2. The van der Waals surface area contributed by atoms with Crippen LogP contribution in [0.3, 0.4) is 0 Å². The number of benzene rings is 1. The number of aromatic nitrogens is 1. The molecule has 1 fully saturated rings. The predicted molar refractivity (Wildman–Crippen MR) is 97.9 cm³/mol. The molecule has 0 radical (unpaired) electrons. The number of carbonyl (C=O) groups excluding carboxylic acids is 2. The number of carbonyl (C=O) groups is 2. The number of rotatable bonds is 3.